The summed E-state index contributed by atoms with van der Waals surface area (Å²) in [4.78, 5) is 24.3. The third-order valence-corrected chi connectivity index (χ3v) is 4.08. The molecule has 0 saturated heterocycles. The van der Waals surface area contributed by atoms with E-state index in [4.69, 9.17) is 5.11 Å². The lowest BCUT2D eigenvalue weighted by molar-refractivity contribution is -0.142. The van der Waals surface area contributed by atoms with E-state index in [1.54, 1.807) is 5.51 Å². The maximum Gasteiger partial charge on any atom is 0.306 e. The van der Waals surface area contributed by atoms with Crippen molar-refractivity contribution in [2.24, 2.45) is 5.92 Å². The van der Waals surface area contributed by atoms with Crippen LogP contribution in [0, 0.1) is 12.8 Å². The Balaban J connectivity index is 2.00. The van der Waals surface area contributed by atoms with Gasteiger partial charge in [-0.2, -0.15) is 0 Å². The molecule has 1 unspecified atom stereocenters. The Morgan fingerprint density at radius 1 is 1.47 bits per heavy atom. The topological polar surface area (TPSA) is 76.0 Å². The van der Waals surface area contributed by atoms with Crippen molar-refractivity contribution in [2.45, 2.75) is 26.2 Å². The normalized spacial score (nSPS) is 18.1. The summed E-state index contributed by atoms with van der Waals surface area (Å²) in [6, 6.07) is 0. The van der Waals surface area contributed by atoms with Gasteiger partial charge in [-0.25, -0.2) is 15.0 Å². The minimum absolute atomic E-state index is 0.306. The van der Waals surface area contributed by atoms with Crippen molar-refractivity contribution in [2.75, 3.05) is 0 Å². The van der Waals surface area contributed by atoms with Gasteiger partial charge in [-0.05, 0) is 31.7 Å². The summed E-state index contributed by atoms with van der Waals surface area (Å²) in [5.41, 5.74) is 5.40. The van der Waals surface area contributed by atoms with Crippen LogP contribution in [0.5, 0.6) is 0 Å². The fourth-order valence-electron chi connectivity index (χ4n) is 2.44. The van der Waals surface area contributed by atoms with Crippen LogP contribution in [0.4, 0.5) is 0 Å². The molecule has 3 rings (SSSR count). The number of nitrogens with zero attached hydrogens (tertiary/aromatic N) is 3. The Morgan fingerprint density at radius 2 is 2.32 bits per heavy atom. The van der Waals surface area contributed by atoms with E-state index in [9.17, 15) is 4.79 Å². The van der Waals surface area contributed by atoms with Gasteiger partial charge in [-0.1, -0.05) is 0 Å². The minimum Gasteiger partial charge on any atom is -0.481 e. The third kappa shape index (κ3) is 2.23. The molecular formula is C13H13N3O2S. The van der Waals surface area contributed by atoms with Crippen LogP contribution in [0.2, 0.25) is 0 Å². The number of thiazole rings is 1. The number of rotatable bonds is 2. The molecule has 19 heavy (non-hydrogen) atoms. The minimum atomic E-state index is -0.728. The van der Waals surface area contributed by atoms with Gasteiger partial charge in [0, 0.05) is 16.8 Å². The van der Waals surface area contributed by atoms with Gasteiger partial charge >= 0.3 is 5.97 Å². The van der Waals surface area contributed by atoms with Crippen molar-refractivity contribution in [1.29, 1.82) is 0 Å². The highest BCUT2D eigenvalue weighted by Gasteiger charge is 2.27. The zero-order valence-electron chi connectivity index (χ0n) is 10.5. The Hall–Kier alpha value is -1.82. The first-order valence-corrected chi connectivity index (χ1v) is 7.07. The fraction of sp³-hybridized carbons (Fsp3) is 0.385. The van der Waals surface area contributed by atoms with Crippen molar-refractivity contribution >= 4 is 17.3 Å². The van der Waals surface area contributed by atoms with E-state index < -0.39 is 5.97 Å². The van der Waals surface area contributed by atoms with Crippen LogP contribution in [0.1, 0.15) is 23.4 Å². The predicted octanol–water partition coefficient (Wildman–Crippen LogP) is 2.10. The smallest absolute Gasteiger partial charge is 0.306 e. The van der Waals surface area contributed by atoms with Crippen LogP contribution in [-0.2, 0) is 17.6 Å². The van der Waals surface area contributed by atoms with E-state index in [1.165, 1.54) is 11.3 Å². The van der Waals surface area contributed by atoms with Crippen LogP contribution in [0.15, 0.2) is 10.9 Å². The fourth-order valence-corrected chi connectivity index (χ4v) is 2.97. The van der Waals surface area contributed by atoms with Gasteiger partial charge in [-0.15, -0.1) is 11.3 Å². The molecule has 2 heterocycles. The molecule has 1 atom stereocenters. The number of fused-ring (bicyclic) bond motifs is 1. The highest BCUT2D eigenvalue weighted by Crippen LogP contribution is 2.28. The summed E-state index contributed by atoms with van der Waals surface area (Å²) in [6.07, 6.45) is 1.88. The Kier molecular flexibility index (Phi) is 3.02. The van der Waals surface area contributed by atoms with Gasteiger partial charge in [-0.3, -0.25) is 4.79 Å². The maximum absolute atomic E-state index is 11.1. The van der Waals surface area contributed by atoms with Crippen molar-refractivity contribution in [3.05, 3.63) is 27.8 Å². The van der Waals surface area contributed by atoms with Crippen LogP contribution in [0.3, 0.4) is 0 Å². The van der Waals surface area contributed by atoms with E-state index in [0.29, 0.717) is 25.1 Å². The van der Waals surface area contributed by atoms with Gasteiger partial charge in [0.2, 0.25) is 0 Å². The standard InChI is InChI=1S/C13H13N3O2S/c1-7-9-4-8(13(17)18)2-3-10(9)16-12(15-7)11-5-19-6-14-11/h5-6,8H,2-4H2,1H3,(H,17,18). The summed E-state index contributed by atoms with van der Waals surface area (Å²) < 4.78 is 0. The molecule has 1 aliphatic rings. The number of hydrogen-bond acceptors (Lipinski definition) is 5. The quantitative estimate of drug-likeness (QED) is 0.908. The Bertz CT molecular complexity index is 625. The molecule has 2 aromatic rings. The van der Waals surface area contributed by atoms with E-state index >= 15 is 0 Å². The maximum atomic E-state index is 11.1. The molecule has 0 amide bonds. The molecule has 6 heteroatoms. The van der Waals surface area contributed by atoms with Crippen molar-refractivity contribution in [3.63, 3.8) is 0 Å². The number of hydrogen-bond donors (Lipinski definition) is 1. The van der Waals surface area contributed by atoms with Gasteiger partial charge in [0.15, 0.2) is 5.82 Å². The van der Waals surface area contributed by atoms with Crippen LogP contribution in [-0.4, -0.2) is 26.0 Å². The second-order valence-corrected chi connectivity index (χ2v) is 5.43. The molecule has 0 radical (unpaired) electrons. The Morgan fingerprint density at radius 3 is 3.00 bits per heavy atom. The lowest BCUT2D eigenvalue weighted by atomic mass is 9.86. The molecule has 5 nitrogen and oxygen atoms in total. The predicted molar refractivity (Wildman–Crippen MR) is 71.0 cm³/mol. The largest absolute Gasteiger partial charge is 0.481 e. The monoisotopic (exact) mass is 275 g/mol. The first kappa shape index (κ1) is 12.2. The number of aryl methyl sites for hydroxylation is 2. The number of carboxylic acids is 1. The van der Waals surface area contributed by atoms with Crippen molar-refractivity contribution in [1.82, 2.24) is 15.0 Å². The number of aliphatic carboxylic acids is 1. The van der Waals surface area contributed by atoms with E-state index in [1.807, 2.05) is 12.3 Å². The van der Waals surface area contributed by atoms with Gasteiger partial charge in [0.25, 0.3) is 0 Å². The average Bonchev–Trinajstić information content (AvgIpc) is 2.92. The molecule has 0 spiro atoms. The van der Waals surface area contributed by atoms with Gasteiger partial charge in [0.1, 0.15) is 5.69 Å². The average molecular weight is 275 g/mol. The molecule has 1 N–H and O–H groups in total. The molecule has 0 saturated carbocycles. The molecular weight excluding hydrogens is 262 g/mol. The summed E-state index contributed by atoms with van der Waals surface area (Å²) in [5, 5.41) is 11.0. The molecule has 1 aliphatic carbocycles. The zero-order valence-corrected chi connectivity index (χ0v) is 11.3. The van der Waals surface area contributed by atoms with Crippen LogP contribution < -0.4 is 0 Å². The SMILES string of the molecule is Cc1nc(-c2cscn2)nc2c1CC(C(=O)O)CC2. The van der Waals surface area contributed by atoms with Gasteiger partial charge < -0.3 is 5.11 Å². The van der Waals surface area contributed by atoms with Crippen molar-refractivity contribution < 1.29 is 9.90 Å². The molecule has 0 aromatic carbocycles. The van der Waals surface area contributed by atoms with Crippen molar-refractivity contribution in [3.8, 4) is 11.5 Å². The molecule has 0 aliphatic heterocycles. The zero-order chi connectivity index (χ0) is 13.4. The number of carbonyl (C=O) groups is 1. The highest BCUT2D eigenvalue weighted by molar-refractivity contribution is 7.07. The summed E-state index contributed by atoms with van der Waals surface area (Å²) in [7, 11) is 0. The Labute approximate surface area is 114 Å². The summed E-state index contributed by atoms with van der Waals surface area (Å²) >= 11 is 1.51. The second kappa shape index (κ2) is 4.70. The summed E-state index contributed by atoms with van der Waals surface area (Å²) in [6.45, 7) is 1.92. The molecule has 2 aromatic heterocycles. The van der Waals surface area contributed by atoms with E-state index in [0.717, 1.165) is 22.6 Å². The second-order valence-electron chi connectivity index (χ2n) is 4.71. The van der Waals surface area contributed by atoms with Gasteiger partial charge in [0.05, 0.1) is 11.4 Å². The first-order valence-electron chi connectivity index (χ1n) is 6.13. The number of aromatic nitrogens is 3. The first-order chi connectivity index (χ1) is 9.15. The summed E-state index contributed by atoms with van der Waals surface area (Å²) in [5.74, 6) is -0.389. The van der Waals surface area contributed by atoms with Crippen LogP contribution in [0.25, 0.3) is 11.5 Å². The molecule has 0 bridgehead atoms. The lowest BCUT2D eigenvalue weighted by Gasteiger charge is -2.22. The molecule has 0 fully saturated rings. The lowest BCUT2D eigenvalue weighted by Crippen LogP contribution is -2.24. The molecule has 98 valence electrons. The highest BCUT2D eigenvalue weighted by atomic mass is 32.1. The van der Waals surface area contributed by atoms with Crippen LogP contribution >= 0.6 is 11.3 Å². The number of carboxylic acid groups (broad SMARTS) is 1. The third-order valence-electron chi connectivity index (χ3n) is 3.49. The van der Waals surface area contributed by atoms with E-state index in [-0.39, 0.29) is 5.92 Å². The van der Waals surface area contributed by atoms with E-state index in [2.05, 4.69) is 15.0 Å².